The van der Waals surface area contributed by atoms with Crippen molar-refractivity contribution in [3.8, 4) is 0 Å². The molecule has 0 aliphatic rings. The molecule has 14 heavy (non-hydrogen) atoms. The number of alkyl halides is 2. The molecule has 2 nitrogen and oxygen atoms in total. The summed E-state index contributed by atoms with van der Waals surface area (Å²) in [6.07, 6.45) is -1.82. The fourth-order valence-electron chi connectivity index (χ4n) is 1.15. The van der Waals surface area contributed by atoms with Gasteiger partial charge in [0, 0.05) is 18.2 Å². The number of hydrogen-bond acceptors (Lipinski definition) is 2. The van der Waals surface area contributed by atoms with Crippen LogP contribution in [0.5, 0.6) is 0 Å². The SMILES string of the molecule is CNC(C)Cc1cccc(C(F)F)n1. The van der Waals surface area contributed by atoms with Gasteiger partial charge in [0.1, 0.15) is 5.69 Å². The van der Waals surface area contributed by atoms with Gasteiger partial charge >= 0.3 is 0 Å². The Labute approximate surface area is 82.4 Å². The molecule has 1 N–H and O–H groups in total. The largest absolute Gasteiger partial charge is 0.317 e. The highest BCUT2D eigenvalue weighted by atomic mass is 19.3. The molecule has 0 radical (unpaired) electrons. The van der Waals surface area contributed by atoms with Gasteiger partial charge in [-0.2, -0.15) is 0 Å². The highest BCUT2D eigenvalue weighted by Gasteiger charge is 2.09. The molecule has 0 aliphatic carbocycles. The molecule has 1 atom stereocenters. The zero-order valence-corrected chi connectivity index (χ0v) is 8.30. The van der Waals surface area contributed by atoms with Gasteiger partial charge in [0.25, 0.3) is 6.43 Å². The summed E-state index contributed by atoms with van der Waals surface area (Å²) in [6.45, 7) is 1.98. The Hall–Kier alpha value is -1.03. The summed E-state index contributed by atoms with van der Waals surface area (Å²) in [6, 6.07) is 4.97. The Bertz CT molecular complexity index is 289. The monoisotopic (exact) mass is 200 g/mol. The highest BCUT2D eigenvalue weighted by Crippen LogP contribution is 2.16. The van der Waals surface area contributed by atoms with Crippen LogP contribution in [0.25, 0.3) is 0 Å². The molecular formula is C10H14F2N2. The fraction of sp³-hybridized carbons (Fsp3) is 0.500. The van der Waals surface area contributed by atoms with Gasteiger partial charge in [-0.25, -0.2) is 8.78 Å². The molecule has 1 aromatic rings. The van der Waals surface area contributed by atoms with E-state index in [1.807, 2.05) is 14.0 Å². The van der Waals surface area contributed by atoms with E-state index in [1.54, 1.807) is 12.1 Å². The van der Waals surface area contributed by atoms with Gasteiger partial charge in [-0.3, -0.25) is 4.98 Å². The van der Waals surface area contributed by atoms with Gasteiger partial charge in [0.05, 0.1) is 0 Å². The lowest BCUT2D eigenvalue weighted by molar-refractivity contribution is 0.146. The lowest BCUT2D eigenvalue weighted by Crippen LogP contribution is -2.24. The van der Waals surface area contributed by atoms with Gasteiger partial charge in [0.15, 0.2) is 0 Å². The number of hydrogen-bond donors (Lipinski definition) is 1. The van der Waals surface area contributed by atoms with Gasteiger partial charge in [-0.15, -0.1) is 0 Å². The van der Waals surface area contributed by atoms with Crippen LogP contribution in [0.15, 0.2) is 18.2 Å². The summed E-state index contributed by atoms with van der Waals surface area (Å²) in [5, 5.41) is 3.03. The molecule has 4 heteroatoms. The summed E-state index contributed by atoms with van der Waals surface area (Å²) in [5.74, 6) is 0. The van der Waals surface area contributed by atoms with Crippen LogP contribution in [0.1, 0.15) is 24.7 Å². The first kappa shape index (κ1) is 11.0. The molecule has 0 fully saturated rings. The topological polar surface area (TPSA) is 24.9 Å². The molecule has 0 bridgehead atoms. The molecule has 0 aromatic carbocycles. The third-order valence-electron chi connectivity index (χ3n) is 2.06. The van der Waals surface area contributed by atoms with Crippen LogP contribution in [0.3, 0.4) is 0 Å². The molecule has 1 aromatic heterocycles. The fourth-order valence-corrected chi connectivity index (χ4v) is 1.15. The third-order valence-corrected chi connectivity index (χ3v) is 2.06. The van der Waals surface area contributed by atoms with E-state index >= 15 is 0 Å². The Morgan fingerprint density at radius 2 is 2.14 bits per heavy atom. The molecule has 0 saturated heterocycles. The van der Waals surface area contributed by atoms with Gasteiger partial charge in [0.2, 0.25) is 0 Å². The molecular weight excluding hydrogens is 186 g/mol. The number of nitrogens with zero attached hydrogens (tertiary/aromatic N) is 1. The zero-order valence-electron chi connectivity index (χ0n) is 8.30. The van der Waals surface area contributed by atoms with Crippen LogP contribution in [-0.2, 0) is 6.42 Å². The van der Waals surface area contributed by atoms with Crippen molar-refractivity contribution in [2.75, 3.05) is 7.05 Å². The number of halogens is 2. The van der Waals surface area contributed by atoms with Gasteiger partial charge in [-0.05, 0) is 26.1 Å². The van der Waals surface area contributed by atoms with Crippen LogP contribution in [0.4, 0.5) is 8.78 Å². The molecule has 0 aliphatic heterocycles. The molecule has 78 valence electrons. The van der Waals surface area contributed by atoms with Crippen LogP contribution in [0.2, 0.25) is 0 Å². The lowest BCUT2D eigenvalue weighted by Gasteiger charge is -2.09. The Balaban J connectivity index is 2.73. The highest BCUT2D eigenvalue weighted by molar-refractivity contribution is 5.12. The van der Waals surface area contributed by atoms with Crippen LogP contribution in [-0.4, -0.2) is 18.1 Å². The number of aromatic nitrogens is 1. The number of nitrogens with one attached hydrogen (secondary N) is 1. The van der Waals surface area contributed by atoms with Crippen molar-refractivity contribution in [2.45, 2.75) is 25.8 Å². The van der Waals surface area contributed by atoms with E-state index in [4.69, 9.17) is 0 Å². The average Bonchev–Trinajstić information content (AvgIpc) is 2.18. The van der Waals surface area contributed by atoms with Crippen LogP contribution in [0, 0.1) is 0 Å². The van der Waals surface area contributed by atoms with E-state index in [-0.39, 0.29) is 11.7 Å². The first-order valence-corrected chi connectivity index (χ1v) is 4.54. The van der Waals surface area contributed by atoms with E-state index in [2.05, 4.69) is 10.3 Å². The quantitative estimate of drug-likeness (QED) is 0.805. The number of pyridine rings is 1. The maximum atomic E-state index is 12.3. The van der Waals surface area contributed by atoms with Crippen molar-refractivity contribution in [2.24, 2.45) is 0 Å². The van der Waals surface area contributed by atoms with E-state index in [0.29, 0.717) is 12.1 Å². The Morgan fingerprint density at radius 1 is 1.43 bits per heavy atom. The van der Waals surface area contributed by atoms with E-state index in [0.717, 1.165) is 0 Å². The normalized spacial score (nSPS) is 13.2. The van der Waals surface area contributed by atoms with Crippen molar-refractivity contribution in [1.29, 1.82) is 0 Å². The zero-order chi connectivity index (χ0) is 10.6. The molecule has 1 rings (SSSR count). The summed E-state index contributed by atoms with van der Waals surface area (Å²) >= 11 is 0. The molecule has 1 unspecified atom stereocenters. The Morgan fingerprint density at radius 3 is 2.71 bits per heavy atom. The molecule has 0 amide bonds. The first-order valence-electron chi connectivity index (χ1n) is 4.54. The summed E-state index contributed by atoms with van der Waals surface area (Å²) in [7, 11) is 1.83. The number of likely N-dealkylation sites (N-methyl/N-ethyl adjacent to an activating group) is 1. The maximum absolute atomic E-state index is 12.3. The van der Waals surface area contributed by atoms with Crippen molar-refractivity contribution >= 4 is 0 Å². The molecule has 0 saturated carbocycles. The van der Waals surface area contributed by atoms with Crippen molar-refractivity contribution in [3.63, 3.8) is 0 Å². The number of rotatable bonds is 4. The first-order chi connectivity index (χ1) is 6.63. The van der Waals surface area contributed by atoms with Crippen molar-refractivity contribution in [3.05, 3.63) is 29.6 Å². The summed E-state index contributed by atoms with van der Waals surface area (Å²) in [5.41, 5.74) is 0.551. The molecule has 0 spiro atoms. The third kappa shape index (κ3) is 3.03. The standard InChI is InChI=1S/C10H14F2N2/c1-7(13-2)6-8-4-3-5-9(14-8)10(11)12/h3-5,7,10,13H,6H2,1-2H3. The van der Waals surface area contributed by atoms with Crippen molar-refractivity contribution in [1.82, 2.24) is 10.3 Å². The molecule has 1 heterocycles. The summed E-state index contributed by atoms with van der Waals surface area (Å²) in [4.78, 5) is 3.87. The second kappa shape index (κ2) is 5.00. The lowest BCUT2D eigenvalue weighted by atomic mass is 10.1. The average molecular weight is 200 g/mol. The predicted octanol–water partition coefficient (Wildman–Crippen LogP) is 2.17. The second-order valence-corrected chi connectivity index (χ2v) is 3.25. The maximum Gasteiger partial charge on any atom is 0.280 e. The minimum atomic E-state index is -2.49. The predicted molar refractivity (Wildman–Crippen MR) is 51.4 cm³/mol. The summed E-state index contributed by atoms with van der Waals surface area (Å²) < 4.78 is 24.6. The van der Waals surface area contributed by atoms with Gasteiger partial charge in [-0.1, -0.05) is 6.07 Å². The van der Waals surface area contributed by atoms with E-state index in [9.17, 15) is 8.78 Å². The smallest absolute Gasteiger partial charge is 0.280 e. The van der Waals surface area contributed by atoms with Crippen molar-refractivity contribution < 1.29 is 8.78 Å². The van der Waals surface area contributed by atoms with Crippen LogP contribution >= 0.6 is 0 Å². The van der Waals surface area contributed by atoms with Gasteiger partial charge < -0.3 is 5.32 Å². The second-order valence-electron chi connectivity index (χ2n) is 3.25. The van der Waals surface area contributed by atoms with Crippen LogP contribution < -0.4 is 5.32 Å². The minimum absolute atomic E-state index is 0.147. The minimum Gasteiger partial charge on any atom is -0.317 e. The van der Waals surface area contributed by atoms with E-state index in [1.165, 1.54) is 6.07 Å². The Kier molecular flexibility index (Phi) is 3.95. The van der Waals surface area contributed by atoms with E-state index < -0.39 is 6.43 Å².